The van der Waals surface area contributed by atoms with Crippen LogP contribution in [0.15, 0.2) is 28.1 Å². The molecule has 0 radical (unpaired) electrons. The van der Waals surface area contributed by atoms with Crippen LogP contribution in [0.2, 0.25) is 0 Å². The smallest absolute Gasteiger partial charge is 0.317 e. The van der Waals surface area contributed by atoms with Gasteiger partial charge in [-0.1, -0.05) is 34.4 Å². The van der Waals surface area contributed by atoms with E-state index in [-0.39, 0.29) is 0 Å². The lowest BCUT2D eigenvalue weighted by Gasteiger charge is -2.18. The Kier molecular flexibility index (Phi) is 5.83. The summed E-state index contributed by atoms with van der Waals surface area (Å²) in [5, 5.41) is 0.887. The number of thiophene rings is 1. The van der Waals surface area contributed by atoms with Gasteiger partial charge in [0.25, 0.3) is 25.8 Å². The highest BCUT2D eigenvalue weighted by Crippen LogP contribution is 2.48. The third-order valence-electron chi connectivity index (χ3n) is 5.35. The lowest BCUT2D eigenvalue weighted by molar-refractivity contribution is -0.647. The minimum Gasteiger partial charge on any atom is -0.317 e. The van der Waals surface area contributed by atoms with E-state index in [4.69, 9.17) is 0 Å². The van der Waals surface area contributed by atoms with Crippen molar-refractivity contribution >= 4 is 76.0 Å². The number of aromatic nitrogens is 1. The SMILES string of the molecule is O=S(=O)(O)CN1C(=Cc2sc3c4c(sc3[n+]2CS(=O)(=O)O)CCCC4)Sc2ccc(F)cc21. The molecule has 3 aromatic rings. The molecular weight excluding hydrogens is 532 g/mol. The van der Waals surface area contributed by atoms with Crippen molar-refractivity contribution in [1.82, 2.24) is 0 Å². The number of fused-ring (bicyclic) bond motifs is 4. The Labute approximate surface area is 201 Å². The van der Waals surface area contributed by atoms with E-state index in [9.17, 15) is 30.3 Å². The van der Waals surface area contributed by atoms with Crippen molar-refractivity contribution in [1.29, 1.82) is 0 Å². The molecule has 0 saturated heterocycles. The van der Waals surface area contributed by atoms with Crippen LogP contribution in [0, 0.1) is 5.82 Å². The zero-order chi connectivity index (χ0) is 23.5. The first kappa shape index (κ1) is 23.2. The van der Waals surface area contributed by atoms with Crippen LogP contribution in [0.1, 0.15) is 28.3 Å². The first-order valence-corrected chi connectivity index (χ1v) is 15.5. The average Bonchev–Trinajstić information content (AvgIpc) is 3.32. The van der Waals surface area contributed by atoms with E-state index in [1.54, 1.807) is 6.08 Å². The maximum Gasteiger partial charge on any atom is 0.326 e. The Hall–Kier alpha value is -1.55. The number of anilines is 1. The molecule has 2 aromatic heterocycles. The van der Waals surface area contributed by atoms with Crippen molar-refractivity contribution in [2.75, 3.05) is 10.8 Å². The molecule has 14 heteroatoms. The predicted molar refractivity (Wildman–Crippen MR) is 127 cm³/mol. The topological polar surface area (TPSA) is 116 Å². The van der Waals surface area contributed by atoms with Crippen LogP contribution >= 0.6 is 34.4 Å². The Bertz CT molecular complexity index is 1520. The fraction of sp³-hybridized carbons (Fsp3) is 0.316. The monoisotopic (exact) mass is 549 g/mol. The number of hydrogen-bond acceptors (Lipinski definition) is 8. The largest absolute Gasteiger partial charge is 0.326 e. The number of nitrogens with zero attached hydrogens (tertiary/aromatic N) is 2. The van der Waals surface area contributed by atoms with Gasteiger partial charge < -0.3 is 4.90 Å². The van der Waals surface area contributed by atoms with Gasteiger partial charge in [-0.3, -0.25) is 9.11 Å². The van der Waals surface area contributed by atoms with Gasteiger partial charge in [0.15, 0.2) is 5.88 Å². The number of benzene rings is 1. The highest BCUT2D eigenvalue weighted by atomic mass is 32.2. The van der Waals surface area contributed by atoms with Crippen molar-refractivity contribution in [2.45, 2.75) is 36.5 Å². The molecule has 33 heavy (non-hydrogen) atoms. The van der Waals surface area contributed by atoms with E-state index in [0.29, 0.717) is 20.6 Å². The van der Waals surface area contributed by atoms with Crippen LogP contribution in [0.5, 0.6) is 0 Å². The van der Waals surface area contributed by atoms with E-state index >= 15 is 0 Å². The summed E-state index contributed by atoms with van der Waals surface area (Å²) in [4.78, 5) is 3.84. The molecule has 2 aliphatic rings. The summed E-state index contributed by atoms with van der Waals surface area (Å²) in [5.41, 5.74) is 1.49. The van der Waals surface area contributed by atoms with Crippen molar-refractivity contribution in [3.8, 4) is 0 Å². The minimum absolute atomic E-state index is 0.293. The molecule has 5 rings (SSSR count). The molecule has 0 spiro atoms. The number of hydrogen-bond donors (Lipinski definition) is 2. The fourth-order valence-electron chi connectivity index (χ4n) is 4.04. The van der Waals surface area contributed by atoms with Crippen LogP contribution in [0.25, 0.3) is 15.6 Å². The number of aryl methyl sites for hydroxylation is 2. The summed E-state index contributed by atoms with van der Waals surface area (Å²) in [6.45, 7) is 0. The molecule has 8 nitrogen and oxygen atoms in total. The molecule has 1 aliphatic carbocycles. The van der Waals surface area contributed by atoms with Crippen molar-refractivity contribution < 1.29 is 34.9 Å². The number of thioether (sulfide) groups is 1. The highest BCUT2D eigenvalue weighted by Gasteiger charge is 2.34. The maximum atomic E-state index is 13.9. The zero-order valence-corrected chi connectivity index (χ0v) is 21.0. The molecule has 0 saturated carbocycles. The highest BCUT2D eigenvalue weighted by molar-refractivity contribution is 8.04. The summed E-state index contributed by atoms with van der Waals surface area (Å²) in [5.74, 6) is -1.98. The van der Waals surface area contributed by atoms with Gasteiger partial charge in [-0.2, -0.15) is 21.4 Å². The van der Waals surface area contributed by atoms with Gasteiger partial charge in [0.1, 0.15) is 10.5 Å². The molecule has 1 aromatic carbocycles. The number of rotatable bonds is 5. The summed E-state index contributed by atoms with van der Waals surface area (Å²) in [7, 11) is -8.80. The predicted octanol–water partition coefficient (Wildman–Crippen LogP) is 3.87. The second-order valence-electron chi connectivity index (χ2n) is 7.76. The van der Waals surface area contributed by atoms with Gasteiger partial charge in [0.05, 0.1) is 16.8 Å². The maximum absolute atomic E-state index is 13.9. The molecule has 1 aliphatic heterocycles. The van der Waals surface area contributed by atoms with Gasteiger partial charge in [-0.15, -0.1) is 0 Å². The molecule has 2 N–H and O–H groups in total. The minimum atomic E-state index is -4.44. The quantitative estimate of drug-likeness (QED) is 0.364. The Balaban J connectivity index is 1.67. The van der Waals surface area contributed by atoms with Gasteiger partial charge in [0, 0.05) is 9.77 Å². The van der Waals surface area contributed by atoms with Crippen molar-refractivity contribution in [3.05, 3.63) is 44.5 Å². The van der Waals surface area contributed by atoms with Crippen LogP contribution < -0.4 is 9.47 Å². The Morgan fingerprint density at radius 1 is 1.09 bits per heavy atom. The first-order valence-electron chi connectivity index (χ1n) is 9.82. The number of thiazole rings is 1. The second-order valence-corrected chi connectivity index (χ2v) is 13.8. The van der Waals surface area contributed by atoms with E-state index in [1.807, 2.05) is 0 Å². The van der Waals surface area contributed by atoms with E-state index in [0.717, 1.165) is 35.2 Å². The molecule has 0 atom stereocenters. The summed E-state index contributed by atoms with van der Waals surface area (Å²) >= 11 is 4.06. The zero-order valence-electron chi connectivity index (χ0n) is 16.9. The first-order chi connectivity index (χ1) is 15.5. The molecule has 0 bridgehead atoms. The second kappa shape index (κ2) is 8.29. The van der Waals surface area contributed by atoms with E-state index in [1.165, 1.54) is 72.5 Å². The van der Waals surface area contributed by atoms with Crippen molar-refractivity contribution in [3.63, 3.8) is 0 Å². The van der Waals surface area contributed by atoms with Gasteiger partial charge in [0.2, 0.25) is 0 Å². The van der Waals surface area contributed by atoms with E-state index in [2.05, 4.69) is 0 Å². The summed E-state index contributed by atoms with van der Waals surface area (Å²) in [6.07, 6.45) is 5.57. The summed E-state index contributed by atoms with van der Waals surface area (Å²) in [6, 6.07) is 3.96. The molecular formula is C19H18FN2O6S5+. The molecule has 0 amide bonds. The standard InChI is InChI=1S/C19H17FN2O6S5/c20-11-5-6-15-13(7-11)21(9-32(23,24)25)16(29-15)8-17-22(10-33(26,27)28)19-18(31-17)12-3-1-2-4-14(12)30-19/h5-8H,1-4,9-10H2,(H-,23,24,25,26,27,28)/p+1. The third-order valence-corrected chi connectivity index (χ3v) is 10.3. The molecule has 176 valence electrons. The Morgan fingerprint density at radius 3 is 2.58 bits per heavy atom. The van der Waals surface area contributed by atoms with Crippen LogP contribution in [0.3, 0.4) is 0 Å². The van der Waals surface area contributed by atoms with Gasteiger partial charge in [-0.25, -0.2) is 4.39 Å². The fourth-order valence-corrected chi connectivity index (χ4v) is 9.50. The lowest BCUT2D eigenvalue weighted by atomic mass is 10.00. The summed E-state index contributed by atoms with van der Waals surface area (Å²) < 4.78 is 82.3. The molecule has 0 unspecified atom stereocenters. The van der Waals surface area contributed by atoms with E-state index < -0.39 is 37.8 Å². The van der Waals surface area contributed by atoms with Gasteiger partial charge in [-0.05, 0) is 49.4 Å². The van der Waals surface area contributed by atoms with Gasteiger partial charge >= 0.3 is 10.1 Å². The Morgan fingerprint density at radius 2 is 1.85 bits per heavy atom. The molecule has 0 fully saturated rings. The normalized spacial score (nSPS) is 17.7. The van der Waals surface area contributed by atoms with Crippen LogP contribution in [-0.4, -0.2) is 31.8 Å². The number of halogens is 1. The molecule has 3 heterocycles. The lowest BCUT2D eigenvalue weighted by Crippen LogP contribution is -2.38. The average molecular weight is 550 g/mol. The van der Waals surface area contributed by atoms with Crippen molar-refractivity contribution in [2.24, 2.45) is 0 Å². The van der Waals surface area contributed by atoms with Crippen LogP contribution in [0.4, 0.5) is 10.1 Å². The van der Waals surface area contributed by atoms with Crippen LogP contribution in [-0.2, 0) is 39.0 Å². The third kappa shape index (κ3) is 4.70.